The van der Waals surface area contributed by atoms with E-state index in [-0.39, 0.29) is 0 Å². The smallest absolute Gasteiger partial charge is 0.108 e. The largest absolute Gasteiger partial charge is 0.398 e. The highest BCUT2D eigenvalue weighted by molar-refractivity contribution is 6.44. The number of nitrogens with zero attached hydrogens (tertiary/aromatic N) is 2. The molecule has 0 saturated carbocycles. The van der Waals surface area contributed by atoms with Crippen LogP contribution in [0.3, 0.4) is 0 Å². The van der Waals surface area contributed by atoms with E-state index < -0.39 is 0 Å². The molecule has 0 amide bonds. The van der Waals surface area contributed by atoms with Gasteiger partial charge >= 0.3 is 0 Å². The highest BCUT2D eigenvalue weighted by atomic mass is 35.5. The Morgan fingerprint density at radius 2 is 1.58 bits per heavy atom. The maximum absolute atomic E-state index is 6.12. The molecule has 0 unspecified atom stereocenters. The summed E-state index contributed by atoms with van der Waals surface area (Å²) < 4.78 is 0. The number of nitrogen functional groups attached to an aromatic ring is 1. The molecule has 0 saturated heterocycles. The second-order valence-corrected chi connectivity index (χ2v) is 5.03. The number of rotatable bonds is 2. The minimum Gasteiger partial charge on any atom is -0.398 e. The molecule has 19 heavy (non-hydrogen) atoms. The Kier molecular flexibility index (Phi) is 4.08. The summed E-state index contributed by atoms with van der Waals surface area (Å²) in [5.41, 5.74) is 9.52. The lowest BCUT2D eigenvalue weighted by Gasteiger charge is -2.06. The second-order valence-electron chi connectivity index (χ2n) is 4.27. The van der Waals surface area contributed by atoms with Crippen molar-refractivity contribution >= 4 is 40.3 Å². The Morgan fingerprint density at radius 1 is 0.947 bits per heavy atom. The molecule has 3 nitrogen and oxygen atoms in total. The van der Waals surface area contributed by atoms with Crippen LogP contribution in [-0.4, -0.2) is 0 Å². The third kappa shape index (κ3) is 3.06. The van der Waals surface area contributed by atoms with Crippen molar-refractivity contribution in [1.29, 1.82) is 0 Å². The Hall–Kier alpha value is -1.58. The summed E-state index contributed by atoms with van der Waals surface area (Å²) in [6.07, 6.45) is 0. The molecule has 2 N–H and O–H groups in total. The van der Waals surface area contributed by atoms with Crippen LogP contribution in [0.15, 0.2) is 40.6 Å². The van der Waals surface area contributed by atoms with Crippen molar-refractivity contribution in [2.75, 3.05) is 5.73 Å². The van der Waals surface area contributed by atoms with Gasteiger partial charge in [-0.1, -0.05) is 40.9 Å². The quantitative estimate of drug-likeness (QED) is 0.568. The molecule has 0 aromatic heterocycles. The molecule has 98 valence electrons. The van der Waals surface area contributed by atoms with Crippen molar-refractivity contribution in [2.24, 2.45) is 10.2 Å². The van der Waals surface area contributed by atoms with Gasteiger partial charge in [-0.25, -0.2) is 0 Å². The zero-order valence-corrected chi connectivity index (χ0v) is 12.1. The van der Waals surface area contributed by atoms with Crippen LogP contribution in [0.25, 0.3) is 0 Å². The molecule has 0 atom stereocenters. The fraction of sp³-hybridized carbons (Fsp3) is 0.143. The van der Waals surface area contributed by atoms with E-state index in [1.54, 1.807) is 6.07 Å². The van der Waals surface area contributed by atoms with Crippen molar-refractivity contribution in [3.05, 3.63) is 51.5 Å². The summed E-state index contributed by atoms with van der Waals surface area (Å²) in [6, 6.07) is 9.36. The zero-order valence-electron chi connectivity index (χ0n) is 10.6. The lowest BCUT2D eigenvalue weighted by atomic mass is 10.2. The Morgan fingerprint density at radius 3 is 2.21 bits per heavy atom. The van der Waals surface area contributed by atoms with Crippen LogP contribution < -0.4 is 5.73 Å². The van der Waals surface area contributed by atoms with E-state index in [1.807, 2.05) is 38.1 Å². The minimum absolute atomic E-state index is 0.365. The van der Waals surface area contributed by atoms with Gasteiger partial charge in [-0.3, -0.25) is 0 Å². The van der Waals surface area contributed by atoms with E-state index in [0.29, 0.717) is 21.4 Å². The van der Waals surface area contributed by atoms with E-state index >= 15 is 0 Å². The fourth-order valence-corrected chi connectivity index (χ4v) is 1.96. The van der Waals surface area contributed by atoms with E-state index in [1.165, 1.54) is 5.56 Å². The Labute approximate surface area is 122 Å². The maximum Gasteiger partial charge on any atom is 0.108 e. The number of hydrogen-bond donors (Lipinski definition) is 1. The van der Waals surface area contributed by atoms with E-state index in [0.717, 1.165) is 11.3 Å². The molecule has 5 heteroatoms. The van der Waals surface area contributed by atoms with Crippen LogP contribution >= 0.6 is 23.2 Å². The third-order valence-electron chi connectivity index (χ3n) is 2.78. The van der Waals surface area contributed by atoms with Gasteiger partial charge in [0.15, 0.2) is 0 Å². The molecule has 0 heterocycles. The Bertz CT molecular complexity index is 634. The third-order valence-corrected chi connectivity index (χ3v) is 3.73. The Balaban J connectivity index is 2.36. The van der Waals surface area contributed by atoms with Gasteiger partial charge in [0.05, 0.1) is 15.7 Å². The topological polar surface area (TPSA) is 50.7 Å². The average Bonchev–Trinajstić information content (AvgIpc) is 2.41. The maximum atomic E-state index is 6.12. The molecule has 0 aliphatic heterocycles. The van der Waals surface area contributed by atoms with Gasteiger partial charge < -0.3 is 5.73 Å². The van der Waals surface area contributed by atoms with Gasteiger partial charge in [0.1, 0.15) is 5.69 Å². The summed E-state index contributed by atoms with van der Waals surface area (Å²) in [6.45, 7) is 3.82. The van der Waals surface area contributed by atoms with E-state index in [4.69, 9.17) is 28.9 Å². The van der Waals surface area contributed by atoms with Crippen LogP contribution in [0.1, 0.15) is 11.1 Å². The van der Waals surface area contributed by atoms with Crippen LogP contribution in [0, 0.1) is 13.8 Å². The van der Waals surface area contributed by atoms with Crippen LogP contribution in [-0.2, 0) is 0 Å². The number of azo groups is 1. The number of hydrogen-bond acceptors (Lipinski definition) is 3. The lowest BCUT2D eigenvalue weighted by Crippen LogP contribution is -1.90. The SMILES string of the molecule is Cc1ccc(N=Nc2cc(N)c(C)c(Cl)c2Cl)cc1. The normalized spacial score (nSPS) is 11.2. The van der Waals surface area contributed by atoms with Gasteiger partial charge in [-0.2, -0.15) is 5.11 Å². The van der Waals surface area contributed by atoms with Gasteiger partial charge in [-0.05, 0) is 37.6 Å². The minimum atomic E-state index is 0.365. The second kappa shape index (κ2) is 5.59. The van der Waals surface area contributed by atoms with Crippen molar-refractivity contribution in [1.82, 2.24) is 0 Å². The van der Waals surface area contributed by atoms with Gasteiger partial charge in [0.2, 0.25) is 0 Å². The first-order valence-electron chi connectivity index (χ1n) is 5.71. The predicted molar refractivity (Wildman–Crippen MR) is 81.0 cm³/mol. The van der Waals surface area contributed by atoms with E-state index in [2.05, 4.69) is 10.2 Å². The zero-order chi connectivity index (χ0) is 14.0. The summed E-state index contributed by atoms with van der Waals surface area (Å²) >= 11 is 12.2. The van der Waals surface area contributed by atoms with Crippen molar-refractivity contribution in [3.63, 3.8) is 0 Å². The monoisotopic (exact) mass is 293 g/mol. The summed E-state index contributed by atoms with van der Waals surface area (Å²) in [4.78, 5) is 0. The highest BCUT2D eigenvalue weighted by Crippen LogP contribution is 2.38. The standard InChI is InChI=1S/C14H13Cl2N3/c1-8-3-5-10(6-4-8)18-19-12-7-11(17)9(2)13(15)14(12)16/h3-7H,17H2,1-2H3. The number of anilines is 1. The highest BCUT2D eigenvalue weighted by Gasteiger charge is 2.10. The predicted octanol–water partition coefficient (Wildman–Crippen LogP) is 5.61. The molecule has 0 aliphatic carbocycles. The van der Waals surface area contributed by atoms with Gasteiger partial charge in [0.25, 0.3) is 0 Å². The molecule has 0 radical (unpaired) electrons. The van der Waals surface area contributed by atoms with E-state index in [9.17, 15) is 0 Å². The first kappa shape index (κ1) is 13.8. The van der Waals surface area contributed by atoms with Crippen molar-refractivity contribution in [2.45, 2.75) is 13.8 Å². The molecule has 0 spiro atoms. The first-order chi connectivity index (χ1) is 8.99. The molecule has 0 bridgehead atoms. The average molecular weight is 294 g/mol. The number of benzene rings is 2. The summed E-state index contributed by atoms with van der Waals surface area (Å²) in [5.74, 6) is 0. The molecule has 2 aromatic rings. The van der Waals surface area contributed by atoms with Crippen molar-refractivity contribution in [3.8, 4) is 0 Å². The molecule has 0 aliphatic rings. The molecule has 2 aromatic carbocycles. The van der Waals surface area contributed by atoms with Crippen LogP contribution in [0.2, 0.25) is 10.0 Å². The van der Waals surface area contributed by atoms with Gasteiger partial charge in [-0.15, -0.1) is 5.11 Å². The summed E-state index contributed by atoms with van der Waals surface area (Å²) in [5, 5.41) is 8.99. The van der Waals surface area contributed by atoms with Crippen LogP contribution in [0.4, 0.5) is 17.1 Å². The molecular weight excluding hydrogens is 281 g/mol. The van der Waals surface area contributed by atoms with Gasteiger partial charge in [0, 0.05) is 5.69 Å². The first-order valence-corrected chi connectivity index (χ1v) is 6.47. The number of nitrogens with two attached hydrogens (primary N) is 1. The summed E-state index contributed by atoms with van der Waals surface area (Å²) in [7, 11) is 0. The van der Waals surface area contributed by atoms with Crippen molar-refractivity contribution < 1.29 is 0 Å². The number of halogens is 2. The number of aryl methyl sites for hydroxylation is 1. The lowest BCUT2D eigenvalue weighted by molar-refractivity contribution is 1.22. The fourth-order valence-electron chi connectivity index (χ4n) is 1.52. The molecular formula is C14H13Cl2N3. The molecule has 0 fully saturated rings. The van der Waals surface area contributed by atoms with Crippen LogP contribution in [0.5, 0.6) is 0 Å². The molecule has 2 rings (SSSR count).